The first kappa shape index (κ1) is 27.7. The highest BCUT2D eigenvalue weighted by atomic mass is 16.5. The van der Waals surface area contributed by atoms with Crippen LogP contribution in [0.4, 0.5) is 16.3 Å². The van der Waals surface area contributed by atoms with Gasteiger partial charge in [0.25, 0.3) is 0 Å². The van der Waals surface area contributed by atoms with Gasteiger partial charge < -0.3 is 29.4 Å². The molecule has 2 aromatic carbocycles. The number of anilines is 2. The van der Waals surface area contributed by atoms with E-state index in [1.165, 1.54) is 7.11 Å². The number of fused-ring (bicyclic) bond motifs is 1. The minimum absolute atomic E-state index is 0.132. The molecule has 0 aliphatic carbocycles. The van der Waals surface area contributed by atoms with Crippen LogP contribution in [0.25, 0.3) is 22.3 Å². The van der Waals surface area contributed by atoms with E-state index in [9.17, 15) is 19.5 Å². The van der Waals surface area contributed by atoms with Crippen LogP contribution in [0.1, 0.15) is 40.0 Å². The Kier molecular flexibility index (Phi) is 7.65. The zero-order valence-corrected chi connectivity index (χ0v) is 23.4. The van der Waals surface area contributed by atoms with Crippen LogP contribution in [-0.2, 0) is 4.74 Å². The van der Waals surface area contributed by atoms with Gasteiger partial charge in [0.15, 0.2) is 5.43 Å². The average Bonchev–Trinajstić information content (AvgIpc) is 2.98. The molecule has 1 fully saturated rings. The van der Waals surface area contributed by atoms with Crippen LogP contribution in [0.2, 0.25) is 0 Å². The summed E-state index contributed by atoms with van der Waals surface area (Å²) in [5.74, 6) is 0.172. The van der Waals surface area contributed by atoms with Gasteiger partial charge in [-0.3, -0.25) is 4.79 Å². The molecule has 41 heavy (non-hydrogen) atoms. The van der Waals surface area contributed by atoms with E-state index in [4.69, 9.17) is 9.15 Å². The molecule has 0 bridgehead atoms. The third-order valence-corrected chi connectivity index (χ3v) is 7.43. The summed E-state index contributed by atoms with van der Waals surface area (Å²) in [5.41, 5.74) is 3.73. The van der Waals surface area contributed by atoms with Crippen molar-refractivity contribution in [2.45, 2.75) is 26.8 Å². The number of aromatic carboxylic acids is 1. The van der Waals surface area contributed by atoms with Crippen LogP contribution in [0.3, 0.4) is 0 Å². The van der Waals surface area contributed by atoms with Crippen LogP contribution in [0.5, 0.6) is 0 Å². The summed E-state index contributed by atoms with van der Waals surface area (Å²) in [6.45, 7) is 7.90. The minimum atomic E-state index is -1.03. The second-order valence-electron chi connectivity index (χ2n) is 10.2. The summed E-state index contributed by atoms with van der Waals surface area (Å²) in [4.78, 5) is 45.5. The van der Waals surface area contributed by atoms with Crippen molar-refractivity contribution < 1.29 is 23.8 Å². The number of amides is 1. The fraction of sp³-hybridized carbons (Fsp3) is 0.290. The van der Waals surface area contributed by atoms with Crippen LogP contribution in [0, 0.1) is 13.8 Å². The van der Waals surface area contributed by atoms with Crippen molar-refractivity contribution in [3.8, 4) is 11.3 Å². The number of benzene rings is 2. The Morgan fingerprint density at radius 2 is 1.80 bits per heavy atom. The van der Waals surface area contributed by atoms with Crippen molar-refractivity contribution in [2.24, 2.45) is 0 Å². The molecule has 1 amide bonds. The number of rotatable bonds is 6. The third kappa shape index (κ3) is 5.45. The average molecular weight is 557 g/mol. The van der Waals surface area contributed by atoms with Crippen LogP contribution in [0.15, 0.2) is 63.9 Å². The van der Waals surface area contributed by atoms with Crippen LogP contribution < -0.4 is 15.6 Å². The van der Waals surface area contributed by atoms with Gasteiger partial charge in [-0.1, -0.05) is 18.2 Å². The van der Waals surface area contributed by atoms with Crippen LogP contribution >= 0.6 is 0 Å². The predicted molar refractivity (Wildman–Crippen MR) is 157 cm³/mol. The lowest BCUT2D eigenvalue weighted by molar-refractivity contribution is 0.0697. The number of ether oxygens (including phenoxy) is 1. The maximum atomic E-state index is 13.5. The quantitative estimate of drug-likeness (QED) is 0.328. The number of carboxylic acids is 1. The Morgan fingerprint density at radius 1 is 1.07 bits per heavy atom. The number of aryl methyl sites for hydroxylation is 1. The van der Waals surface area contributed by atoms with Gasteiger partial charge in [-0.25, -0.2) is 14.6 Å². The normalized spacial score (nSPS) is 14.1. The van der Waals surface area contributed by atoms with Gasteiger partial charge >= 0.3 is 12.1 Å². The number of aromatic nitrogens is 1. The lowest BCUT2D eigenvalue weighted by Crippen LogP contribution is -2.49. The molecule has 0 spiro atoms. The Hall–Kier alpha value is -4.86. The molecule has 1 aliphatic heterocycles. The topological polar surface area (TPSA) is 125 Å². The molecule has 4 aromatic rings. The number of para-hydroxylation sites is 1. The van der Waals surface area contributed by atoms with E-state index in [-0.39, 0.29) is 23.1 Å². The summed E-state index contributed by atoms with van der Waals surface area (Å²) in [7, 11) is 1.38. The first-order valence-corrected chi connectivity index (χ1v) is 13.4. The summed E-state index contributed by atoms with van der Waals surface area (Å²) >= 11 is 0. The van der Waals surface area contributed by atoms with Gasteiger partial charge in [0.2, 0.25) is 0 Å². The molecule has 1 saturated heterocycles. The minimum Gasteiger partial charge on any atom is -0.478 e. The molecule has 0 radical (unpaired) electrons. The monoisotopic (exact) mass is 556 g/mol. The molecule has 2 aromatic heterocycles. The summed E-state index contributed by atoms with van der Waals surface area (Å²) in [6.07, 6.45) is 1.36. The smallest absolute Gasteiger partial charge is 0.409 e. The van der Waals surface area contributed by atoms with E-state index in [0.29, 0.717) is 59.7 Å². The van der Waals surface area contributed by atoms with Crippen molar-refractivity contribution in [3.05, 3.63) is 87.2 Å². The molecule has 1 atom stereocenters. The molecule has 10 heteroatoms. The highest BCUT2D eigenvalue weighted by Crippen LogP contribution is 2.33. The maximum absolute atomic E-state index is 13.5. The molecular weight excluding hydrogens is 524 g/mol. The van der Waals surface area contributed by atoms with Crippen LogP contribution in [-0.4, -0.2) is 60.3 Å². The van der Waals surface area contributed by atoms with Gasteiger partial charge in [0.1, 0.15) is 17.2 Å². The van der Waals surface area contributed by atoms with Crippen molar-refractivity contribution in [3.63, 3.8) is 0 Å². The molecule has 1 aliphatic rings. The summed E-state index contributed by atoms with van der Waals surface area (Å²) in [6, 6.07) is 13.9. The summed E-state index contributed by atoms with van der Waals surface area (Å²) < 4.78 is 11.3. The van der Waals surface area contributed by atoms with E-state index in [1.807, 2.05) is 38.1 Å². The Morgan fingerprint density at radius 3 is 2.46 bits per heavy atom. The first-order valence-electron chi connectivity index (χ1n) is 13.4. The number of hydrogen-bond acceptors (Lipinski definition) is 8. The molecule has 2 N–H and O–H groups in total. The lowest BCUT2D eigenvalue weighted by atomic mass is 9.98. The second-order valence-corrected chi connectivity index (χ2v) is 10.2. The van der Waals surface area contributed by atoms with Gasteiger partial charge in [-0.15, -0.1) is 0 Å². The zero-order chi connectivity index (χ0) is 29.3. The standard InChI is InChI=1S/C31H32N4O6/c1-18-15-23(20(3)33-25-8-6-5-7-22(25)30(37)38)29-24(16-18)27(36)19(2)28(41-29)21-9-10-26(32-17-21)34-11-13-35(14-12-34)31(39)40-4/h5-10,15-17,20,33H,11-14H2,1-4H3,(H,37,38). The fourth-order valence-electron chi connectivity index (χ4n) is 5.23. The van der Waals surface area contributed by atoms with E-state index >= 15 is 0 Å². The molecule has 3 heterocycles. The molecule has 5 rings (SSSR count). The number of nitrogens with one attached hydrogen (secondary N) is 1. The first-order chi connectivity index (χ1) is 19.7. The number of hydrogen-bond donors (Lipinski definition) is 2. The third-order valence-electron chi connectivity index (χ3n) is 7.43. The summed E-state index contributed by atoms with van der Waals surface area (Å²) in [5, 5.41) is 13.4. The number of piperazine rings is 1. The van der Waals surface area contributed by atoms with E-state index in [2.05, 4.69) is 15.2 Å². The molecule has 10 nitrogen and oxygen atoms in total. The van der Waals surface area contributed by atoms with Crippen molar-refractivity contribution in [1.29, 1.82) is 0 Å². The molecular formula is C31H32N4O6. The van der Waals surface area contributed by atoms with E-state index < -0.39 is 5.97 Å². The Labute approximate surface area is 237 Å². The zero-order valence-electron chi connectivity index (χ0n) is 23.4. The number of methoxy groups -OCH3 is 1. The van der Waals surface area contributed by atoms with Gasteiger partial charge in [0.05, 0.1) is 24.1 Å². The van der Waals surface area contributed by atoms with Gasteiger partial charge in [-0.2, -0.15) is 0 Å². The van der Waals surface area contributed by atoms with Crippen molar-refractivity contribution in [1.82, 2.24) is 9.88 Å². The van der Waals surface area contributed by atoms with E-state index in [1.54, 1.807) is 42.3 Å². The maximum Gasteiger partial charge on any atom is 0.409 e. The van der Waals surface area contributed by atoms with Crippen molar-refractivity contribution in [2.75, 3.05) is 43.5 Å². The molecule has 1 unspecified atom stereocenters. The SMILES string of the molecule is COC(=O)N1CCN(c2ccc(-c3oc4c(C(C)Nc5ccccc5C(=O)O)cc(C)cc4c(=O)c3C)cn2)CC1. The number of carbonyl (C=O) groups is 2. The fourth-order valence-corrected chi connectivity index (χ4v) is 5.23. The van der Waals surface area contributed by atoms with E-state index in [0.717, 1.165) is 16.9 Å². The number of carboxylic acid groups (broad SMARTS) is 1. The second kappa shape index (κ2) is 11.3. The number of pyridine rings is 1. The van der Waals surface area contributed by atoms with Crippen molar-refractivity contribution >= 4 is 34.5 Å². The number of nitrogens with zero attached hydrogens (tertiary/aromatic N) is 3. The van der Waals surface area contributed by atoms with Gasteiger partial charge in [-0.05, 0) is 56.7 Å². The molecule has 212 valence electrons. The largest absolute Gasteiger partial charge is 0.478 e. The Balaban J connectivity index is 1.48. The predicted octanol–water partition coefficient (Wildman–Crippen LogP) is 5.23. The number of carbonyl (C=O) groups excluding carboxylic acids is 1. The van der Waals surface area contributed by atoms with Gasteiger partial charge in [0, 0.05) is 54.8 Å². The molecule has 0 saturated carbocycles. The highest BCUT2D eigenvalue weighted by Gasteiger charge is 2.23. The highest BCUT2D eigenvalue weighted by molar-refractivity contribution is 5.94. The lowest BCUT2D eigenvalue weighted by Gasteiger charge is -2.34. The Bertz CT molecular complexity index is 1670.